The Hall–Kier alpha value is -1.58. The SMILES string of the molecule is Cn1c(=O)cc(-c2cccc(Cl)c2)c2cc(Br)ccc21. The van der Waals surface area contributed by atoms with E-state index in [0.717, 1.165) is 26.5 Å². The quantitative estimate of drug-likeness (QED) is 0.629. The third-order valence-electron chi connectivity index (χ3n) is 3.34. The lowest BCUT2D eigenvalue weighted by atomic mass is 10.0. The third kappa shape index (κ3) is 2.28. The summed E-state index contributed by atoms with van der Waals surface area (Å²) in [4.78, 5) is 12.1. The van der Waals surface area contributed by atoms with Crippen molar-refractivity contribution in [3.05, 3.63) is 68.4 Å². The van der Waals surface area contributed by atoms with Crippen molar-refractivity contribution in [3.63, 3.8) is 0 Å². The molecule has 0 N–H and O–H groups in total. The fraction of sp³-hybridized carbons (Fsp3) is 0.0625. The maximum atomic E-state index is 12.1. The number of aromatic nitrogens is 1. The van der Waals surface area contributed by atoms with Crippen LogP contribution < -0.4 is 5.56 Å². The van der Waals surface area contributed by atoms with Gasteiger partial charge in [0.05, 0.1) is 5.52 Å². The van der Waals surface area contributed by atoms with E-state index in [9.17, 15) is 4.79 Å². The molecule has 0 radical (unpaired) electrons. The standard InChI is InChI=1S/C16H11BrClNO/c1-19-15-6-5-11(17)8-14(15)13(9-16(19)20)10-3-2-4-12(18)7-10/h2-9H,1H3. The highest BCUT2D eigenvalue weighted by molar-refractivity contribution is 9.10. The van der Waals surface area contributed by atoms with E-state index in [1.807, 2.05) is 42.5 Å². The molecule has 20 heavy (non-hydrogen) atoms. The van der Waals surface area contributed by atoms with E-state index in [1.54, 1.807) is 17.7 Å². The number of pyridine rings is 1. The van der Waals surface area contributed by atoms with Gasteiger partial charge in [-0.3, -0.25) is 4.79 Å². The van der Waals surface area contributed by atoms with Crippen LogP contribution in [0.1, 0.15) is 0 Å². The molecule has 0 unspecified atom stereocenters. The molecular weight excluding hydrogens is 338 g/mol. The lowest BCUT2D eigenvalue weighted by Gasteiger charge is -2.11. The molecule has 0 aliphatic heterocycles. The molecule has 0 fully saturated rings. The second kappa shape index (κ2) is 5.08. The van der Waals surface area contributed by atoms with Crippen LogP contribution in [-0.4, -0.2) is 4.57 Å². The van der Waals surface area contributed by atoms with Gasteiger partial charge in [0.1, 0.15) is 0 Å². The second-order valence-electron chi connectivity index (χ2n) is 4.63. The number of hydrogen-bond acceptors (Lipinski definition) is 1. The number of nitrogens with zero attached hydrogens (tertiary/aromatic N) is 1. The fourth-order valence-corrected chi connectivity index (χ4v) is 2.88. The molecule has 0 atom stereocenters. The lowest BCUT2D eigenvalue weighted by Crippen LogP contribution is -2.16. The van der Waals surface area contributed by atoms with Gasteiger partial charge in [-0.05, 0) is 41.5 Å². The van der Waals surface area contributed by atoms with Gasteiger partial charge in [-0.15, -0.1) is 0 Å². The minimum absolute atomic E-state index is 0.0326. The van der Waals surface area contributed by atoms with Crippen LogP contribution in [0.25, 0.3) is 22.0 Å². The van der Waals surface area contributed by atoms with E-state index < -0.39 is 0 Å². The lowest BCUT2D eigenvalue weighted by molar-refractivity contribution is 0.907. The van der Waals surface area contributed by atoms with E-state index in [1.165, 1.54) is 0 Å². The van der Waals surface area contributed by atoms with Crippen molar-refractivity contribution in [2.24, 2.45) is 7.05 Å². The molecular formula is C16H11BrClNO. The molecule has 0 aliphatic rings. The average Bonchev–Trinajstić information content (AvgIpc) is 2.42. The van der Waals surface area contributed by atoms with E-state index in [2.05, 4.69) is 15.9 Å². The zero-order chi connectivity index (χ0) is 14.3. The van der Waals surface area contributed by atoms with Crippen molar-refractivity contribution in [1.82, 2.24) is 4.57 Å². The summed E-state index contributed by atoms with van der Waals surface area (Å²) in [5.41, 5.74) is 2.70. The summed E-state index contributed by atoms with van der Waals surface area (Å²) >= 11 is 9.54. The predicted octanol–water partition coefficient (Wildman–Crippen LogP) is 4.62. The molecule has 1 aromatic heterocycles. The molecule has 4 heteroatoms. The predicted molar refractivity (Wildman–Crippen MR) is 87.3 cm³/mol. The number of aryl methyl sites for hydroxylation is 1. The van der Waals surface area contributed by atoms with Gasteiger partial charge in [-0.25, -0.2) is 0 Å². The molecule has 3 rings (SSSR count). The minimum Gasteiger partial charge on any atom is -0.311 e. The van der Waals surface area contributed by atoms with Gasteiger partial charge in [0.15, 0.2) is 0 Å². The minimum atomic E-state index is -0.0326. The molecule has 2 nitrogen and oxygen atoms in total. The maximum Gasteiger partial charge on any atom is 0.251 e. The molecule has 0 aliphatic carbocycles. The normalized spacial score (nSPS) is 10.9. The van der Waals surface area contributed by atoms with Crippen molar-refractivity contribution in [1.29, 1.82) is 0 Å². The van der Waals surface area contributed by atoms with Gasteiger partial charge in [0.25, 0.3) is 5.56 Å². The average molecular weight is 349 g/mol. The Kier molecular flexibility index (Phi) is 3.40. The highest BCUT2D eigenvalue weighted by atomic mass is 79.9. The van der Waals surface area contributed by atoms with Crippen LogP contribution in [-0.2, 0) is 7.05 Å². The first kappa shape index (κ1) is 13.4. The van der Waals surface area contributed by atoms with Gasteiger partial charge >= 0.3 is 0 Å². The zero-order valence-corrected chi connectivity index (χ0v) is 13.1. The Morgan fingerprint density at radius 1 is 1.10 bits per heavy atom. The number of rotatable bonds is 1. The molecule has 1 heterocycles. The Balaban J connectivity index is 2.44. The van der Waals surface area contributed by atoms with E-state index in [0.29, 0.717) is 5.02 Å². The van der Waals surface area contributed by atoms with Crippen LogP contribution in [0, 0.1) is 0 Å². The Morgan fingerprint density at radius 3 is 2.65 bits per heavy atom. The highest BCUT2D eigenvalue weighted by Crippen LogP contribution is 2.30. The summed E-state index contributed by atoms with van der Waals surface area (Å²) in [6.45, 7) is 0. The first-order valence-corrected chi connectivity index (χ1v) is 7.28. The Bertz CT molecular complexity index is 870. The molecule has 2 aromatic carbocycles. The van der Waals surface area contributed by atoms with Gasteiger partial charge in [-0.1, -0.05) is 39.7 Å². The maximum absolute atomic E-state index is 12.1. The molecule has 0 spiro atoms. The number of fused-ring (bicyclic) bond motifs is 1. The zero-order valence-electron chi connectivity index (χ0n) is 10.7. The highest BCUT2D eigenvalue weighted by Gasteiger charge is 2.09. The summed E-state index contributed by atoms with van der Waals surface area (Å²) in [6.07, 6.45) is 0. The van der Waals surface area contributed by atoms with Gasteiger partial charge < -0.3 is 4.57 Å². The van der Waals surface area contributed by atoms with Crippen molar-refractivity contribution < 1.29 is 0 Å². The van der Waals surface area contributed by atoms with Crippen molar-refractivity contribution in [2.45, 2.75) is 0 Å². The largest absolute Gasteiger partial charge is 0.311 e. The van der Waals surface area contributed by atoms with Crippen molar-refractivity contribution in [2.75, 3.05) is 0 Å². The second-order valence-corrected chi connectivity index (χ2v) is 5.98. The molecule has 3 aromatic rings. The summed E-state index contributed by atoms with van der Waals surface area (Å²) < 4.78 is 2.63. The first-order valence-electron chi connectivity index (χ1n) is 6.11. The van der Waals surface area contributed by atoms with Gasteiger partial charge in [-0.2, -0.15) is 0 Å². The van der Waals surface area contributed by atoms with Crippen LogP contribution in [0.3, 0.4) is 0 Å². The fourth-order valence-electron chi connectivity index (χ4n) is 2.33. The van der Waals surface area contributed by atoms with Gasteiger partial charge in [0, 0.05) is 28.0 Å². The van der Waals surface area contributed by atoms with Crippen LogP contribution in [0.4, 0.5) is 0 Å². The van der Waals surface area contributed by atoms with Crippen LogP contribution in [0.15, 0.2) is 57.8 Å². The van der Waals surface area contributed by atoms with Crippen LogP contribution in [0.2, 0.25) is 5.02 Å². The Morgan fingerprint density at radius 2 is 1.90 bits per heavy atom. The van der Waals surface area contributed by atoms with Crippen molar-refractivity contribution >= 4 is 38.4 Å². The van der Waals surface area contributed by atoms with E-state index >= 15 is 0 Å². The summed E-state index contributed by atoms with van der Waals surface area (Å²) in [5.74, 6) is 0. The summed E-state index contributed by atoms with van der Waals surface area (Å²) in [5, 5.41) is 1.68. The molecule has 0 amide bonds. The topological polar surface area (TPSA) is 22.0 Å². The smallest absolute Gasteiger partial charge is 0.251 e. The Labute approximate surface area is 129 Å². The number of benzene rings is 2. The molecule has 0 bridgehead atoms. The van der Waals surface area contributed by atoms with Crippen LogP contribution >= 0.6 is 27.5 Å². The molecule has 100 valence electrons. The monoisotopic (exact) mass is 347 g/mol. The van der Waals surface area contributed by atoms with E-state index in [4.69, 9.17) is 11.6 Å². The molecule has 0 saturated heterocycles. The first-order chi connectivity index (χ1) is 9.56. The summed E-state index contributed by atoms with van der Waals surface area (Å²) in [7, 11) is 1.78. The van der Waals surface area contributed by atoms with Gasteiger partial charge in [0.2, 0.25) is 0 Å². The summed E-state index contributed by atoms with van der Waals surface area (Å²) in [6, 6.07) is 15.1. The number of halogens is 2. The van der Waals surface area contributed by atoms with Crippen LogP contribution in [0.5, 0.6) is 0 Å². The van der Waals surface area contributed by atoms with Crippen molar-refractivity contribution in [3.8, 4) is 11.1 Å². The third-order valence-corrected chi connectivity index (χ3v) is 4.07. The number of hydrogen-bond donors (Lipinski definition) is 0. The molecule has 0 saturated carbocycles. The van der Waals surface area contributed by atoms with E-state index in [-0.39, 0.29) is 5.56 Å².